The summed E-state index contributed by atoms with van der Waals surface area (Å²) in [6.07, 6.45) is 2.46. The van der Waals surface area contributed by atoms with Crippen LogP contribution < -0.4 is 14.8 Å². The number of amides is 1. The molecule has 1 heterocycles. The maximum absolute atomic E-state index is 14.4. The summed E-state index contributed by atoms with van der Waals surface area (Å²) in [5.74, 6) is 0.619. The number of rotatable bonds is 6. The van der Waals surface area contributed by atoms with E-state index in [1.54, 1.807) is 37.1 Å². The van der Waals surface area contributed by atoms with Gasteiger partial charge in [-0.2, -0.15) is 5.10 Å². The average Bonchev–Trinajstić information content (AvgIpc) is 3.36. The zero-order valence-corrected chi connectivity index (χ0v) is 18.2. The van der Waals surface area contributed by atoms with Crippen molar-refractivity contribution in [1.29, 1.82) is 0 Å². The van der Waals surface area contributed by atoms with Crippen LogP contribution in [-0.4, -0.2) is 29.9 Å². The molecule has 162 valence electrons. The van der Waals surface area contributed by atoms with Gasteiger partial charge in [0.1, 0.15) is 11.5 Å². The monoisotopic (exact) mass is 423 g/mol. The molecule has 7 heteroatoms. The van der Waals surface area contributed by atoms with Gasteiger partial charge >= 0.3 is 0 Å². The highest BCUT2D eigenvalue weighted by Gasteiger charge is 2.28. The highest BCUT2D eigenvalue weighted by atomic mass is 19.1. The largest absolute Gasteiger partial charge is 0.493 e. The summed E-state index contributed by atoms with van der Waals surface area (Å²) < 4.78 is 26.7. The van der Waals surface area contributed by atoms with E-state index in [-0.39, 0.29) is 17.8 Å². The fraction of sp³-hybridized carbons (Fsp3) is 0.333. The standard InChI is InChI=1S/C24H26FN3O3/c1-14-12-21(30-3)22(31-4)13-17(14)15(2)26-24(29)23-16-8-7-11-19(16)28(27-23)20-10-6-5-9-18(20)25/h5-6,9-10,12-13,15H,7-8,11H2,1-4H3,(H,26,29). The van der Waals surface area contributed by atoms with Crippen molar-refractivity contribution >= 4 is 5.91 Å². The van der Waals surface area contributed by atoms with E-state index in [0.29, 0.717) is 22.9 Å². The van der Waals surface area contributed by atoms with Crippen molar-refractivity contribution in [2.24, 2.45) is 0 Å². The molecule has 0 saturated carbocycles. The minimum Gasteiger partial charge on any atom is -0.493 e. The Morgan fingerprint density at radius 2 is 1.87 bits per heavy atom. The Morgan fingerprint density at radius 1 is 1.16 bits per heavy atom. The number of carbonyl (C=O) groups is 1. The van der Waals surface area contributed by atoms with E-state index in [9.17, 15) is 9.18 Å². The summed E-state index contributed by atoms with van der Waals surface area (Å²) in [7, 11) is 3.17. The molecule has 1 N–H and O–H groups in total. The molecule has 1 atom stereocenters. The van der Waals surface area contributed by atoms with E-state index in [2.05, 4.69) is 10.4 Å². The molecule has 1 aliphatic carbocycles. The van der Waals surface area contributed by atoms with Crippen molar-refractivity contribution < 1.29 is 18.7 Å². The number of hydrogen-bond acceptors (Lipinski definition) is 4. The van der Waals surface area contributed by atoms with Crippen LogP contribution in [0, 0.1) is 12.7 Å². The predicted octanol–water partition coefficient (Wildman–Crippen LogP) is 4.32. The summed E-state index contributed by atoms with van der Waals surface area (Å²) >= 11 is 0. The first-order chi connectivity index (χ1) is 14.9. The number of nitrogens with zero attached hydrogens (tertiary/aromatic N) is 2. The second-order valence-corrected chi connectivity index (χ2v) is 7.75. The Hall–Kier alpha value is -3.35. The molecule has 0 fully saturated rings. The molecule has 1 amide bonds. The van der Waals surface area contributed by atoms with Gasteiger partial charge in [0, 0.05) is 11.3 Å². The van der Waals surface area contributed by atoms with E-state index in [0.717, 1.165) is 41.6 Å². The Kier molecular flexibility index (Phi) is 5.67. The topological polar surface area (TPSA) is 65.4 Å². The highest BCUT2D eigenvalue weighted by molar-refractivity contribution is 5.94. The smallest absolute Gasteiger partial charge is 0.272 e. The van der Waals surface area contributed by atoms with Crippen LogP contribution in [0.1, 0.15) is 52.3 Å². The number of halogens is 1. The van der Waals surface area contributed by atoms with E-state index >= 15 is 0 Å². The quantitative estimate of drug-likeness (QED) is 0.641. The minimum absolute atomic E-state index is 0.269. The van der Waals surface area contributed by atoms with Gasteiger partial charge in [-0.05, 0) is 68.5 Å². The zero-order valence-electron chi connectivity index (χ0n) is 18.2. The number of benzene rings is 2. The molecule has 3 aromatic rings. The number of ether oxygens (including phenoxy) is 2. The van der Waals surface area contributed by atoms with Gasteiger partial charge in [0.2, 0.25) is 0 Å². The van der Waals surface area contributed by atoms with E-state index in [4.69, 9.17) is 9.47 Å². The summed E-state index contributed by atoms with van der Waals surface area (Å²) in [4.78, 5) is 13.2. The Labute approximate surface area is 181 Å². The fourth-order valence-corrected chi connectivity index (χ4v) is 4.25. The molecule has 0 aliphatic heterocycles. The maximum atomic E-state index is 14.4. The third kappa shape index (κ3) is 3.76. The van der Waals surface area contributed by atoms with Gasteiger partial charge in [0.25, 0.3) is 5.91 Å². The molecule has 1 unspecified atom stereocenters. The molecule has 1 aliphatic rings. The predicted molar refractivity (Wildman–Crippen MR) is 116 cm³/mol. The molecule has 0 spiro atoms. The van der Waals surface area contributed by atoms with Gasteiger partial charge in [-0.3, -0.25) is 4.79 Å². The van der Waals surface area contributed by atoms with Gasteiger partial charge in [-0.15, -0.1) is 0 Å². The molecule has 0 saturated heterocycles. The van der Waals surface area contributed by atoms with Crippen LogP contribution in [-0.2, 0) is 12.8 Å². The molecule has 2 aromatic carbocycles. The number of aromatic nitrogens is 2. The number of methoxy groups -OCH3 is 2. The van der Waals surface area contributed by atoms with Crippen LogP contribution in [0.15, 0.2) is 36.4 Å². The second-order valence-electron chi connectivity index (χ2n) is 7.75. The number of para-hydroxylation sites is 1. The first-order valence-electron chi connectivity index (χ1n) is 10.3. The van der Waals surface area contributed by atoms with Crippen LogP contribution in [0.5, 0.6) is 11.5 Å². The lowest BCUT2D eigenvalue weighted by molar-refractivity contribution is 0.0933. The van der Waals surface area contributed by atoms with Crippen molar-refractivity contribution in [2.45, 2.75) is 39.2 Å². The van der Waals surface area contributed by atoms with Crippen LogP contribution in [0.2, 0.25) is 0 Å². The molecule has 0 radical (unpaired) electrons. The number of hydrogen-bond donors (Lipinski definition) is 1. The Balaban J connectivity index is 1.64. The lowest BCUT2D eigenvalue weighted by atomic mass is 10.0. The molecule has 0 bridgehead atoms. The summed E-state index contributed by atoms with van der Waals surface area (Å²) in [6, 6.07) is 9.98. The molecule has 4 rings (SSSR count). The van der Waals surface area contributed by atoms with Gasteiger partial charge in [0.15, 0.2) is 17.2 Å². The minimum atomic E-state index is -0.360. The third-order valence-electron chi connectivity index (χ3n) is 5.81. The summed E-state index contributed by atoms with van der Waals surface area (Å²) in [5.41, 5.74) is 4.44. The normalized spacial score (nSPS) is 13.6. The van der Waals surface area contributed by atoms with Gasteiger partial charge in [0.05, 0.1) is 20.3 Å². The number of nitrogens with one attached hydrogen (secondary N) is 1. The average molecular weight is 423 g/mol. The molecular formula is C24H26FN3O3. The first kappa shape index (κ1) is 20.9. The second kappa shape index (κ2) is 8.41. The first-order valence-corrected chi connectivity index (χ1v) is 10.3. The fourth-order valence-electron chi connectivity index (χ4n) is 4.25. The van der Waals surface area contributed by atoms with Crippen molar-refractivity contribution in [2.75, 3.05) is 14.2 Å². The van der Waals surface area contributed by atoms with Crippen molar-refractivity contribution in [1.82, 2.24) is 15.1 Å². The maximum Gasteiger partial charge on any atom is 0.272 e. The van der Waals surface area contributed by atoms with Crippen molar-refractivity contribution in [3.8, 4) is 17.2 Å². The number of carbonyl (C=O) groups excluding carboxylic acids is 1. The van der Waals surface area contributed by atoms with Crippen LogP contribution in [0.3, 0.4) is 0 Å². The van der Waals surface area contributed by atoms with E-state index in [1.807, 2.05) is 26.0 Å². The van der Waals surface area contributed by atoms with E-state index < -0.39 is 0 Å². The Bertz CT molecular complexity index is 1140. The van der Waals surface area contributed by atoms with Crippen LogP contribution in [0.25, 0.3) is 5.69 Å². The lowest BCUT2D eigenvalue weighted by Crippen LogP contribution is -2.28. The molecule has 31 heavy (non-hydrogen) atoms. The number of fused-ring (bicyclic) bond motifs is 1. The zero-order chi connectivity index (χ0) is 22.1. The van der Waals surface area contributed by atoms with Crippen LogP contribution >= 0.6 is 0 Å². The number of aryl methyl sites for hydroxylation is 1. The molecule has 6 nitrogen and oxygen atoms in total. The van der Waals surface area contributed by atoms with Gasteiger partial charge in [-0.1, -0.05) is 12.1 Å². The van der Waals surface area contributed by atoms with Crippen LogP contribution in [0.4, 0.5) is 4.39 Å². The summed E-state index contributed by atoms with van der Waals surface area (Å²) in [5, 5.41) is 7.56. The highest BCUT2D eigenvalue weighted by Crippen LogP contribution is 2.33. The molecule has 1 aromatic heterocycles. The van der Waals surface area contributed by atoms with Gasteiger partial charge in [-0.25, -0.2) is 9.07 Å². The SMILES string of the molecule is COc1cc(C)c(C(C)NC(=O)c2nn(-c3ccccc3F)c3c2CCC3)cc1OC. The van der Waals surface area contributed by atoms with Crippen molar-refractivity contribution in [3.05, 3.63) is 70.3 Å². The van der Waals surface area contributed by atoms with E-state index in [1.165, 1.54) is 6.07 Å². The third-order valence-corrected chi connectivity index (χ3v) is 5.81. The van der Waals surface area contributed by atoms with Gasteiger partial charge < -0.3 is 14.8 Å². The Morgan fingerprint density at radius 3 is 2.58 bits per heavy atom. The van der Waals surface area contributed by atoms with Crippen molar-refractivity contribution in [3.63, 3.8) is 0 Å². The molecular weight excluding hydrogens is 397 g/mol. The summed E-state index contributed by atoms with van der Waals surface area (Å²) in [6.45, 7) is 3.88. The lowest BCUT2D eigenvalue weighted by Gasteiger charge is -2.19.